The summed E-state index contributed by atoms with van der Waals surface area (Å²) in [5, 5.41) is 0. The molecule has 0 bridgehead atoms. The zero-order valence-corrected chi connectivity index (χ0v) is 11.7. The Morgan fingerprint density at radius 3 is 2.38 bits per heavy atom. The van der Waals surface area contributed by atoms with Gasteiger partial charge in [-0.05, 0) is 19.0 Å². The van der Waals surface area contributed by atoms with Gasteiger partial charge in [0, 0.05) is 40.9 Å². The number of urea groups is 1. The molecule has 1 fully saturated rings. The van der Waals surface area contributed by atoms with Gasteiger partial charge in [-0.1, -0.05) is 0 Å². The maximum Gasteiger partial charge on any atom is 0.334 e. The molecule has 0 spiro atoms. The minimum atomic E-state index is -1.96. The molecular weight excluding hydrogens is 224 g/mol. The third kappa shape index (κ3) is 3.20. The molecule has 1 heterocycles. The summed E-state index contributed by atoms with van der Waals surface area (Å²) in [5.74, 6) is 0. The second-order valence-electron chi connectivity index (χ2n) is 4.34. The van der Waals surface area contributed by atoms with E-state index in [0.717, 1.165) is 32.1 Å². The van der Waals surface area contributed by atoms with Gasteiger partial charge in [0.15, 0.2) is 0 Å². The summed E-state index contributed by atoms with van der Waals surface area (Å²) < 4.78 is 10.8. The van der Waals surface area contributed by atoms with Gasteiger partial charge >= 0.3 is 14.6 Å². The van der Waals surface area contributed by atoms with E-state index in [9.17, 15) is 4.79 Å². The van der Waals surface area contributed by atoms with Crippen LogP contribution in [0.15, 0.2) is 0 Å². The zero-order valence-electron chi connectivity index (χ0n) is 10.7. The number of carbonyl (C=O) groups excluding carboxylic acids is 1. The van der Waals surface area contributed by atoms with Crippen molar-refractivity contribution < 1.29 is 13.6 Å². The van der Waals surface area contributed by atoms with E-state index in [2.05, 4.69) is 0 Å². The molecule has 6 heteroatoms. The number of hydrogen-bond acceptors (Lipinski definition) is 3. The van der Waals surface area contributed by atoms with Gasteiger partial charge in [-0.3, -0.25) is 0 Å². The Morgan fingerprint density at radius 2 is 1.94 bits per heavy atom. The molecule has 0 atom stereocenters. The van der Waals surface area contributed by atoms with Crippen molar-refractivity contribution >= 4 is 14.6 Å². The summed E-state index contributed by atoms with van der Waals surface area (Å²) >= 11 is 0. The van der Waals surface area contributed by atoms with Crippen molar-refractivity contribution in [2.45, 2.75) is 19.0 Å². The van der Waals surface area contributed by atoms with Crippen molar-refractivity contribution in [3.05, 3.63) is 0 Å². The molecule has 1 aliphatic heterocycles. The molecule has 0 aromatic carbocycles. The molecular formula is C10H22N2O3Si. The van der Waals surface area contributed by atoms with Crippen LogP contribution >= 0.6 is 0 Å². The van der Waals surface area contributed by atoms with Crippen molar-refractivity contribution in [1.29, 1.82) is 0 Å². The Bertz CT molecular complexity index is 246. The average Bonchev–Trinajstić information content (AvgIpc) is 2.60. The first-order chi connectivity index (χ1) is 7.52. The Labute approximate surface area is 98.6 Å². The number of likely N-dealkylation sites (N-methyl/N-ethyl adjacent to an activating group) is 1. The number of amides is 2. The molecule has 16 heavy (non-hydrogen) atoms. The lowest BCUT2D eigenvalue weighted by molar-refractivity contribution is 0.197. The molecule has 0 saturated carbocycles. The van der Waals surface area contributed by atoms with E-state index in [-0.39, 0.29) is 6.03 Å². The topological polar surface area (TPSA) is 42.0 Å². The molecule has 2 amide bonds. The summed E-state index contributed by atoms with van der Waals surface area (Å²) in [5.41, 5.74) is 0. The van der Waals surface area contributed by atoms with Crippen LogP contribution < -0.4 is 0 Å². The first-order valence-electron chi connectivity index (χ1n) is 5.63. The number of carbonyl (C=O) groups is 1. The largest absolute Gasteiger partial charge is 0.398 e. The molecule has 0 N–H and O–H groups in total. The molecule has 1 rings (SSSR count). The maximum absolute atomic E-state index is 11.6. The van der Waals surface area contributed by atoms with E-state index in [1.165, 1.54) is 0 Å². The van der Waals surface area contributed by atoms with Gasteiger partial charge in [-0.15, -0.1) is 0 Å². The van der Waals surface area contributed by atoms with Gasteiger partial charge in [0.25, 0.3) is 0 Å². The van der Waals surface area contributed by atoms with Gasteiger partial charge in [-0.2, -0.15) is 0 Å². The molecule has 0 aliphatic carbocycles. The number of nitrogens with zero attached hydrogens (tertiary/aromatic N) is 2. The quantitative estimate of drug-likeness (QED) is 0.659. The summed E-state index contributed by atoms with van der Waals surface area (Å²) in [6, 6.07) is 1.06. The van der Waals surface area contributed by atoms with E-state index < -0.39 is 8.56 Å². The molecule has 5 nitrogen and oxygen atoms in total. The van der Waals surface area contributed by atoms with Crippen LogP contribution in [-0.4, -0.2) is 65.3 Å². The van der Waals surface area contributed by atoms with Crippen LogP contribution in [0.25, 0.3) is 0 Å². The van der Waals surface area contributed by atoms with Crippen molar-refractivity contribution in [3.63, 3.8) is 0 Å². The molecule has 1 saturated heterocycles. The molecule has 0 aromatic heterocycles. The molecule has 94 valence electrons. The first-order valence-corrected chi connectivity index (χ1v) is 8.15. The smallest absolute Gasteiger partial charge is 0.334 e. The zero-order chi connectivity index (χ0) is 12.2. The highest BCUT2D eigenvalue weighted by molar-refractivity contribution is 6.65. The fraction of sp³-hybridized carbons (Fsp3) is 0.900. The van der Waals surface area contributed by atoms with Crippen LogP contribution in [0.3, 0.4) is 0 Å². The predicted molar refractivity (Wildman–Crippen MR) is 64.7 cm³/mol. The lowest BCUT2D eigenvalue weighted by Crippen LogP contribution is -2.37. The lowest BCUT2D eigenvalue weighted by Gasteiger charge is -2.24. The van der Waals surface area contributed by atoms with Crippen molar-refractivity contribution in [1.82, 2.24) is 9.80 Å². The van der Waals surface area contributed by atoms with E-state index in [0.29, 0.717) is 0 Å². The number of rotatable bonds is 6. The summed E-state index contributed by atoms with van der Waals surface area (Å²) in [4.78, 5) is 15.2. The van der Waals surface area contributed by atoms with Gasteiger partial charge in [-0.25, -0.2) is 4.79 Å². The van der Waals surface area contributed by atoms with Crippen LogP contribution in [0.4, 0.5) is 4.79 Å². The van der Waals surface area contributed by atoms with Gasteiger partial charge in [0.05, 0.1) is 0 Å². The third-order valence-electron chi connectivity index (χ3n) is 3.22. The lowest BCUT2D eigenvalue weighted by atomic mass is 10.4. The normalized spacial score (nSPS) is 17.4. The monoisotopic (exact) mass is 246 g/mol. The standard InChI is InChI=1S/C10H22N2O3Si/c1-11-7-8-12(10(11)13)6-5-9-16(4,14-2)15-3/h5-9H2,1-4H3. The predicted octanol–water partition coefficient (Wildman–Crippen LogP) is 1.11. The minimum absolute atomic E-state index is 0.137. The maximum atomic E-state index is 11.6. The fourth-order valence-electron chi connectivity index (χ4n) is 1.79. The highest BCUT2D eigenvalue weighted by Gasteiger charge is 2.30. The average molecular weight is 246 g/mol. The van der Waals surface area contributed by atoms with E-state index in [4.69, 9.17) is 8.85 Å². The minimum Gasteiger partial charge on any atom is -0.398 e. The Balaban J connectivity index is 2.28. The molecule has 1 aliphatic rings. The van der Waals surface area contributed by atoms with Gasteiger partial charge in [0.2, 0.25) is 0 Å². The molecule has 0 radical (unpaired) electrons. The third-order valence-corrected chi connectivity index (χ3v) is 6.21. The van der Waals surface area contributed by atoms with Crippen LogP contribution in [0, 0.1) is 0 Å². The highest BCUT2D eigenvalue weighted by atomic mass is 28.4. The SMILES string of the molecule is CO[Si](C)(CCCN1CCN(C)C1=O)OC. The van der Waals surface area contributed by atoms with Gasteiger partial charge in [0.1, 0.15) is 0 Å². The van der Waals surface area contributed by atoms with Crippen molar-refractivity contribution in [3.8, 4) is 0 Å². The van der Waals surface area contributed by atoms with E-state index in [1.807, 2.05) is 18.5 Å². The number of hydrogen-bond donors (Lipinski definition) is 0. The Morgan fingerprint density at radius 1 is 1.31 bits per heavy atom. The van der Waals surface area contributed by atoms with Crippen molar-refractivity contribution in [2.24, 2.45) is 0 Å². The van der Waals surface area contributed by atoms with Crippen LogP contribution in [0.5, 0.6) is 0 Å². The van der Waals surface area contributed by atoms with Crippen molar-refractivity contribution in [2.75, 3.05) is 40.9 Å². The van der Waals surface area contributed by atoms with E-state index >= 15 is 0 Å². The first kappa shape index (κ1) is 13.5. The Kier molecular flexibility index (Phi) is 4.76. The molecule has 0 unspecified atom stereocenters. The van der Waals surface area contributed by atoms with Crippen LogP contribution in [-0.2, 0) is 8.85 Å². The summed E-state index contributed by atoms with van der Waals surface area (Å²) in [7, 11) is 3.28. The highest BCUT2D eigenvalue weighted by Crippen LogP contribution is 2.15. The van der Waals surface area contributed by atoms with Crippen LogP contribution in [0.1, 0.15) is 6.42 Å². The van der Waals surface area contributed by atoms with Crippen LogP contribution in [0.2, 0.25) is 12.6 Å². The Hall–Kier alpha value is -0.593. The fourth-order valence-corrected chi connectivity index (χ4v) is 3.16. The molecule has 0 aromatic rings. The second-order valence-corrected chi connectivity index (χ2v) is 7.92. The van der Waals surface area contributed by atoms with E-state index in [1.54, 1.807) is 19.1 Å². The summed E-state index contributed by atoms with van der Waals surface area (Å²) in [6.45, 7) is 4.53. The second kappa shape index (κ2) is 5.65. The van der Waals surface area contributed by atoms with Gasteiger partial charge < -0.3 is 18.7 Å². The summed E-state index contributed by atoms with van der Waals surface area (Å²) in [6.07, 6.45) is 0.948.